The van der Waals surface area contributed by atoms with Crippen LogP contribution in [0.1, 0.15) is 42.7 Å². The van der Waals surface area contributed by atoms with Crippen molar-refractivity contribution in [3.63, 3.8) is 0 Å². The molecule has 0 spiro atoms. The fourth-order valence-corrected chi connectivity index (χ4v) is 5.86. The number of rotatable bonds is 7. The molecule has 1 amide bonds. The number of amides is 1. The normalized spacial score (nSPS) is 18.2. The fourth-order valence-electron chi connectivity index (χ4n) is 4.74. The smallest absolute Gasteiger partial charge is 0.351 e. The van der Waals surface area contributed by atoms with Gasteiger partial charge in [0.05, 0.1) is 11.9 Å². The molecule has 1 fully saturated rings. The Kier molecular flexibility index (Phi) is 6.72. The van der Waals surface area contributed by atoms with Gasteiger partial charge in [-0.2, -0.15) is 18.2 Å². The molecular formula is C22H28F3N9OS. The van der Waals surface area contributed by atoms with Crippen LogP contribution < -0.4 is 20.9 Å². The molecule has 36 heavy (non-hydrogen) atoms. The van der Waals surface area contributed by atoms with Crippen molar-refractivity contribution >= 4 is 39.2 Å². The Morgan fingerprint density at radius 2 is 2.06 bits per heavy atom. The lowest BCUT2D eigenvalue weighted by Crippen LogP contribution is -2.38. The number of carbonyl (C=O) groups excluding carboxylic acids is 1. The predicted octanol–water partition coefficient (Wildman–Crippen LogP) is 2.32. The number of aromatic nitrogens is 5. The molecule has 1 atom stereocenters. The summed E-state index contributed by atoms with van der Waals surface area (Å²) in [7, 11) is 0. The first-order valence-electron chi connectivity index (χ1n) is 12.1. The number of nitrogens with two attached hydrogens (primary N) is 1. The molecule has 0 bridgehead atoms. The summed E-state index contributed by atoms with van der Waals surface area (Å²) in [6.45, 7) is 4.32. The van der Waals surface area contributed by atoms with Crippen molar-refractivity contribution in [3.8, 4) is 0 Å². The van der Waals surface area contributed by atoms with E-state index in [4.69, 9.17) is 15.7 Å². The van der Waals surface area contributed by atoms with Crippen molar-refractivity contribution in [1.29, 1.82) is 0 Å². The van der Waals surface area contributed by atoms with E-state index < -0.39 is 12.0 Å². The first-order chi connectivity index (χ1) is 17.3. The third-order valence-electron chi connectivity index (χ3n) is 6.42. The van der Waals surface area contributed by atoms with E-state index in [1.807, 2.05) is 9.80 Å². The molecule has 2 aliphatic rings. The lowest BCUT2D eigenvalue weighted by molar-refractivity contribution is -0.147. The highest BCUT2D eigenvalue weighted by atomic mass is 32.1. The molecule has 3 N–H and O–H groups in total. The number of hydrogen-bond acceptors (Lipinski definition) is 9. The van der Waals surface area contributed by atoms with E-state index in [2.05, 4.69) is 28.5 Å². The van der Waals surface area contributed by atoms with Crippen LogP contribution in [-0.2, 0) is 30.5 Å². The zero-order chi connectivity index (χ0) is 25.4. The van der Waals surface area contributed by atoms with E-state index in [9.17, 15) is 18.0 Å². The van der Waals surface area contributed by atoms with E-state index in [0.717, 1.165) is 34.0 Å². The first kappa shape index (κ1) is 24.7. The largest absolute Gasteiger partial charge is 0.451 e. The van der Waals surface area contributed by atoms with Gasteiger partial charge in [0.2, 0.25) is 17.7 Å². The average Bonchev–Trinajstić information content (AvgIpc) is 3.55. The molecule has 0 aliphatic carbocycles. The molecule has 194 valence electrons. The van der Waals surface area contributed by atoms with Gasteiger partial charge in [0.1, 0.15) is 10.6 Å². The second-order valence-electron chi connectivity index (χ2n) is 9.08. The van der Waals surface area contributed by atoms with Crippen molar-refractivity contribution in [3.05, 3.63) is 22.6 Å². The number of nitrogens with one attached hydrogen (secondary N) is 1. The molecule has 5 heterocycles. The Hall–Kier alpha value is -3.00. The molecule has 10 nitrogen and oxygen atoms in total. The molecule has 3 aromatic rings. The van der Waals surface area contributed by atoms with E-state index in [1.165, 1.54) is 4.88 Å². The summed E-state index contributed by atoms with van der Waals surface area (Å²) in [5.41, 5.74) is 5.48. The van der Waals surface area contributed by atoms with Crippen molar-refractivity contribution < 1.29 is 18.0 Å². The molecule has 0 unspecified atom stereocenters. The monoisotopic (exact) mass is 523 g/mol. The Bertz CT molecular complexity index is 1260. The lowest BCUT2D eigenvalue weighted by atomic mass is 10.2. The molecular weight excluding hydrogens is 495 g/mol. The van der Waals surface area contributed by atoms with Gasteiger partial charge >= 0.3 is 6.18 Å². The van der Waals surface area contributed by atoms with Gasteiger partial charge in [0, 0.05) is 50.1 Å². The third kappa shape index (κ3) is 4.83. The van der Waals surface area contributed by atoms with Crippen LogP contribution in [0.25, 0.3) is 10.2 Å². The van der Waals surface area contributed by atoms with Crippen molar-refractivity contribution in [2.75, 3.05) is 36.0 Å². The van der Waals surface area contributed by atoms with Gasteiger partial charge in [0.25, 0.3) is 0 Å². The van der Waals surface area contributed by atoms with E-state index >= 15 is 0 Å². The topological polar surface area (TPSA) is 118 Å². The first-order valence-corrected chi connectivity index (χ1v) is 12.9. The van der Waals surface area contributed by atoms with Crippen LogP contribution in [0, 0.1) is 0 Å². The van der Waals surface area contributed by atoms with Crippen LogP contribution in [0.4, 0.5) is 24.9 Å². The van der Waals surface area contributed by atoms with Crippen LogP contribution in [-0.4, -0.2) is 62.9 Å². The maximum absolute atomic E-state index is 13.3. The number of aryl methyl sites for hydroxylation is 1. The van der Waals surface area contributed by atoms with Crippen LogP contribution >= 0.6 is 11.3 Å². The zero-order valence-corrected chi connectivity index (χ0v) is 20.7. The Balaban J connectivity index is 1.45. The molecule has 0 radical (unpaired) electrons. The molecule has 0 saturated carbocycles. The summed E-state index contributed by atoms with van der Waals surface area (Å²) in [5, 5.41) is 11.1. The van der Waals surface area contributed by atoms with Gasteiger partial charge in [-0.05, 0) is 18.9 Å². The van der Waals surface area contributed by atoms with Crippen LogP contribution in [0.3, 0.4) is 0 Å². The van der Waals surface area contributed by atoms with Crippen LogP contribution in [0.15, 0.2) is 6.07 Å². The lowest BCUT2D eigenvalue weighted by Gasteiger charge is -2.30. The van der Waals surface area contributed by atoms with Gasteiger partial charge < -0.3 is 25.4 Å². The Morgan fingerprint density at radius 3 is 2.81 bits per heavy atom. The summed E-state index contributed by atoms with van der Waals surface area (Å²) >= 11 is 1.61. The second-order valence-corrected chi connectivity index (χ2v) is 10.2. The molecule has 3 aromatic heterocycles. The average molecular weight is 524 g/mol. The summed E-state index contributed by atoms with van der Waals surface area (Å²) < 4.78 is 41.0. The van der Waals surface area contributed by atoms with Crippen molar-refractivity contribution in [1.82, 2.24) is 30.0 Å². The van der Waals surface area contributed by atoms with Gasteiger partial charge in [-0.15, -0.1) is 21.5 Å². The predicted molar refractivity (Wildman–Crippen MR) is 130 cm³/mol. The summed E-state index contributed by atoms with van der Waals surface area (Å²) in [4.78, 5) is 27.7. The molecule has 0 aromatic carbocycles. The Labute approximate surface area is 209 Å². The van der Waals surface area contributed by atoms with E-state index in [-0.39, 0.29) is 37.3 Å². The fraction of sp³-hybridized carbons (Fsp3) is 0.591. The van der Waals surface area contributed by atoms with Crippen molar-refractivity contribution in [2.45, 2.75) is 57.9 Å². The quantitative estimate of drug-likeness (QED) is 0.485. The maximum atomic E-state index is 13.3. The highest BCUT2D eigenvalue weighted by Gasteiger charge is 2.40. The van der Waals surface area contributed by atoms with E-state index in [1.54, 1.807) is 11.3 Å². The highest BCUT2D eigenvalue weighted by Crippen LogP contribution is 2.36. The number of hydrogen-bond donors (Lipinski definition) is 2. The van der Waals surface area contributed by atoms with Gasteiger partial charge in [-0.3, -0.25) is 4.79 Å². The Morgan fingerprint density at radius 1 is 1.22 bits per heavy atom. The maximum Gasteiger partial charge on any atom is 0.451 e. The van der Waals surface area contributed by atoms with Gasteiger partial charge in [0.15, 0.2) is 5.82 Å². The van der Waals surface area contributed by atoms with E-state index in [0.29, 0.717) is 37.9 Å². The standard InChI is InChI=1S/C22H28F3N9OS/c1-2-3-14-10-15-18(32-8-9-34-16(12-32)30-31-20(34)22(23,24)25)28-21(29-19(15)36-14)33-7-5-13(11-33)27-17(35)4-6-26/h10,13H,2-9,11-12,26H2,1H3,(H,27,35)/t13-/m0/s1. The van der Waals surface area contributed by atoms with Crippen molar-refractivity contribution in [2.24, 2.45) is 5.73 Å². The third-order valence-corrected chi connectivity index (χ3v) is 7.51. The number of thiophene rings is 1. The summed E-state index contributed by atoms with van der Waals surface area (Å²) in [6, 6.07) is 2.07. The number of anilines is 2. The summed E-state index contributed by atoms with van der Waals surface area (Å²) in [6.07, 6.45) is -1.58. The number of halogens is 3. The number of fused-ring (bicyclic) bond motifs is 2. The van der Waals surface area contributed by atoms with Gasteiger partial charge in [-0.25, -0.2) is 4.98 Å². The SMILES string of the molecule is CCCc1cc2c(N3CCn4c(nnc4C(F)(F)F)C3)nc(N3CC[C@H](NC(=O)CCN)C3)nc2s1. The summed E-state index contributed by atoms with van der Waals surface area (Å²) in [5.74, 6) is 0.466. The number of nitrogens with zero attached hydrogens (tertiary/aromatic N) is 7. The molecule has 14 heteroatoms. The minimum atomic E-state index is -4.54. The highest BCUT2D eigenvalue weighted by molar-refractivity contribution is 7.18. The minimum Gasteiger partial charge on any atom is -0.351 e. The van der Waals surface area contributed by atoms with Crippen LogP contribution in [0.2, 0.25) is 0 Å². The van der Waals surface area contributed by atoms with Crippen LogP contribution in [0.5, 0.6) is 0 Å². The van der Waals surface area contributed by atoms with Gasteiger partial charge in [-0.1, -0.05) is 13.3 Å². The molecule has 5 rings (SSSR count). The molecule has 1 saturated heterocycles. The number of carbonyl (C=O) groups is 1. The molecule has 2 aliphatic heterocycles. The number of alkyl halides is 3. The minimum absolute atomic E-state index is 0.0138. The zero-order valence-electron chi connectivity index (χ0n) is 19.9. The second kappa shape index (κ2) is 9.81.